The number of benzene rings is 1. The van der Waals surface area contributed by atoms with E-state index >= 15 is 0 Å². The second kappa shape index (κ2) is 5.57. The van der Waals surface area contributed by atoms with E-state index in [0.29, 0.717) is 15.7 Å². The number of carbonyl (C=O) groups is 2. The monoisotopic (exact) mass is 277 g/mol. The van der Waals surface area contributed by atoms with E-state index in [1.807, 2.05) is 13.0 Å². The van der Waals surface area contributed by atoms with Crippen molar-refractivity contribution < 1.29 is 14.7 Å². The van der Waals surface area contributed by atoms with Gasteiger partial charge in [0.1, 0.15) is 5.01 Å². The summed E-state index contributed by atoms with van der Waals surface area (Å²) in [6.07, 6.45) is -0.196. The molecule has 0 saturated carbocycles. The maximum absolute atomic E-state index is 11.9. The first-order valence-electron chi connectivity index (χ1n) is 5.47. The van der Waals surface area contributed by atoms with Crippen molar-refractivity contribution in [2.45, 2.75) is 13.3 Å². The van der Waals surface area contributed by atoms with Gasteiger partial charge in [-0.25, -0.2) is 0 Å². The van der Waals surface area contributed by atoms with Crippen molar-refractivity contribution in [1.82, 2.24) is 10.2 Å². The number of aliphatic carboxylic acids is 1. The highest BCUT2D eigenvalue weighted by atomic mass is 32.1. The Kier molecular flexibility index (Phi) is 3.86. The Hall–Kier alpha value is -2.28. The minimum atomic E-state index is -0.979. The molecule has 0 saturated heterocycles. The summed E-state index contributed by atoms with van der Waals surface area (Å²) in [6.45, 7) is 1.90. The van der Waals surface area contributed by atoms with E-state index in [1.165, 1.54) is 0 Å². The largest absolute Gasteiger partial charge is 0.481 e. The predicted octanol–water partition coefficient (Wildman–Crippen LogP) is 1.73. The van der Waals surface area contributed by atoms with E-state index in [2.05, 4.69) is 15.5 Å². The third-order valence-electron chi connectivity index (χ3n) is 2.27. The highest BCUT2D eigenvalue weighted by molar-refractivity contribution is 7.15. The molecular formula is C12H11N3O3S. The molecule has 0 unspecified atom stereocenters. The highest BCUT2D eigenvalue weighted by Gasteiger charge is 2.11. The number of carboxylic acids is 1. The third kappa shape index (κ3) is 3.59. The zero-order valence-corrected chi connectivity index (χ0v) is 10.9. The first-order chi connectivity index (χ1) is 9.04. The zero-order chi connectivity index (χ0) is 13.8. The first-order valence-corrected chi connectivity index (χ1v) is 6.28. The molecule has 7 heteroatoms. The maximum atomic E-state index is 11.9. The standard InChI is InChI=1S/C12H11N3O3S/c1-7-3-2-4-8(5-7)11(18)13-12-15-14-9(19-12)6-10(16)17/h2-5H,6H2,1H3,(H,16,17)(H,13,15,18). The lowest BCUT2D eigenvalue weighted by Crippen LogP contribution is -2.11. The summed E-state index contributed by atoms with van der Waals surface area (Å²) >= 11 is 1.05. The van der Waals surface area contributed by atoms with Gasteiger partial charge in [0.2, 0.25) is 5.13 Å². The number of carbonyl (C=O) groups excluding carboxylic acids is 1. The van der Waals surface area contributed by atoms with E-state index in [0.717, 1.165) is 16.9 Å². The van der Waals surface area contributed by atoms with Gasteiger partial charge in [-0.2, -0.15) is 0 Å². The summed E-state index contributed by atoms with van der Waals surface area (Å²) in [5.41, 5.74) is 1.51. The van der Waals surface area contributed by atoms with E-state index < -0.39 is 5.97 Å². The number of nitrogens with one attached hydrogen (secondary N) is 1. The highest BCUT2D eigenvalue weighted by Crippen LogP contribution is 2.17. The summed E-state index contributed by atoms with van der Waals surface area (Å²) in [5, 5.41) is 19.3. The molecule has 0 atom stereocenters. The smallest absolute Gasteiger partial charge is 0.310 e. The van der Waals surface area contributed by atoms with E-state index in [1.54, 1.807) is 18.2 Å². The number of anilines is 1. The van der Waals surface area contributed by atoms with Crippen LogP contribution in [0.1, 0.15) is 20.9 Å². The van der Waals surface area contributed by atoms with Gasteiger partial charge < -0.3 is 5.11 Å². The van der Waals surface area contributed by atoms with Crippen LogP contribution in [-0.4, -0.2) is 27.2 Å². The molecule has 0 bridgehead atoms. The minimum Gasteiger partial charge on any atom is -0.481 e. The van der Waals surface area contributed by atoms with Crippen molar-refractivity contribution in [3.63, 3.8) is 0 Å². The molecule has 2 rings (SSSR count). The molecule has 0 radical (unpaired) electrons. The molecule has 6 nitrogen and oxygen atoms in total. The number of aryl methyl sites for hydroxylation is 1. The second-order valence-electron chi connectivity index (χ2n) is 3.90. The normalized spacial score (nSPS) is 10.2. The van der Waals surface area contributed by atoms with Crippen LogP contribution < -0.4 is 5.32 Å². The molecule has 2 aromatic rings. The van der Waals surface area contributed by atoms with Crippen molar-refractivity contribution in [2.75, 3.05) is 5.32 Å². The van der Waals surface area contributed by atoms with Gasteiger partial charge in [0.25, 0.3) is 5.91 Å². The Morgan fingerprint density at radius 3 is 2.84 bits per heavy atom. The molecule has 0 fully saturated rings. The van der Waals surface area contributed by atoms with E-state index in [-0.39, 0.29) is 12.3 Å². The van der Waals surface area contributed by atoms with Gasteiger partial charge >= 0.3 is 5.97 Å². The fourth-order valence-electron chi connectivity index (χ4n) is 1.46. The topological polar surface area (TPSA) is 92.2 Å². The lowest BCUT2D eigenvalue weighted by Gasteiger charge is -2.01. The fraction of sp³-hybridized carbons (Fsp3) is 0.167. The lowest BCUT2D eigenvalue weighted by molar-refractivity contribution is -0.136. The van der Waals surface area contributed by atoms with Crippen LogP contribution in [0, 0.1) is 6.92 Å². The van der Waals surface area contributed by atoms with Gasteiger partial charge in [-0.3, -0.25) is 14.9 Å². The molecule has 1 aromatic heterocycles. The predicted molar refractivity (Wildman–Crippen MR) is 70.4 cm³/mol. The number of rotatable bonds is 4. The summed E-state index contributed by atoms with van der Waals surface area (Å²) in [6, 6.07) is 7.14. The zero-order valence-electron chi connectivity index (χ0n) is 10.1. The van der Waals surface area contributed by atoms with E-state index in [9.17, 15) is 9.59 Å². The number of aromatic nitrogens is 2. The Balaban J connectivity index is 2.06. The number of hydrogen-bond acceptors (Lipinski definition) is 5. The molecule has 1 heterocycles. The summed E-state index contributed by atoms with van der Waals surface area (Å²) in [5.74, 6) is -1.27. The molecular weight excluding hydrogens is 266 g/mol. The summed E-state index contributed by atoms with van der Waals surface area (Å²) < 4.78 is 0. The first kappa shape index (κ1) is 13.2. The van der Waals surface area contributed by atoms with Crippen molar-refractivity contribution >= 4 is 28.3 Å². The van der Waals surface area contributed by atoms with Gasteiger partial charge in [0.05, 0.1) is 6.42 Å². The quantitative estimate of drug-likeness (QED) is 0.887. The molecule has 98 valence electrons. The van der Waals surface area contributed by atoms with Crippen molar-refractivity contribution in [3.8, 4) is 0 Å². The van der Waals surface area contributed by atoms with Gasteiger partial charge in [0, 0.05) is 5.56 Å². The summed E-state index contributed by atoms with van der Waals surface area (Å²) in [7, 11) is 0. The molecule has 0 spiro atoms. The Labute approximate surface area is 113 Å². The maximum Gasteiger partial charge on any atom is 0.310 e. The number of nitrogens with zero attached hydrogens (tertiary/aromatic N) is 2. The average molecular weight is 277 g/mol. The molecule has 19 heavy (non-hydrogen) atoms. The summed E-state index contributed by atoms with van der Waals surface area (Å²) in [4.78, 5) is 22.4. The number of carboxylic acid groups (broad SMARTS) is 1. The lowest BCUT2D eigenvalue weighted by atomic mass is 10.1. The number of amides is 1. The Morgan fingerprint density at radius 2 is 2.16 bits per heavy atom. The number of hydrogen-bond donors (Lipinski definition) is 2. The molecule has 2 N–H and O–H groups in total. The SMILES string of the molecule is Cc1cccc(C(=O)Nc2nnc(CC(=O)O)s2)c1. The van der Waals surface area contributed by atoms with Crippen molar-refractivity contribution in [1.29, 1.82) is 0 Å². The van der Waals surface area contributed by atoms with Crippen LogP contribution in [0.15, 0.2) is 24.3 Å². The van der Waals surface area contributed by atoms with Crippen molar-refractivity contribution in [2.24, 2.45) is 0 Å². The van der Waals surface area contributed by atoms with Crippen LogP contribution in [0.5, 0.6) is 0 Å². The third-order valence-corrected chi connectivity index (χ3v) is 3.11. The van der Waals surface area contributed by atoms with Crippen molar-refractivity contribution in [3.05, 3.63) is 40.4 Å². The Morgan fingerprint density at radius 1 is 1.37 bits per heavy atom. The average Bonchev–Trinajstić information content (AvgIpc) is 2.75. The van der Waals surface area contributed by atoms with Gasteiger partial charge in [0.15, 0.2) is 0 Å². The van der Waals surface area contributed by atoms with Crippen LogP contribution in [-0.2, 0) is 11.2 Å². The molecule has 0 aliphatic rings. The van der Waals surface area contributed by atoms with Gasteiger partial charge in [-0.15, -0.1) is 10.2 Å². The van der Waals surface area contributed by atoms with Crippen LogP contribution in [0.2, 0.25) is 0 Å². The van der Waals surface area contributed by atoms with Crippen LogP contribution >= 0.6 is 11.3 Å². The molecule has 1 amide bonds. The molecule has 0 aliphatic heterocycles. The second-order valence-corrected chi connectivity index (χ2v) is 4.96. The molecule has 0 aliphatic carbocycles. The van der Waals surface area contributed by atoms with E-state index in [4.69, 9.17) is 5.11 Å². The Bertz CT molecular complexity index is 624. The van der Waals surface area contributed by atoms with Crippen LogP contribution in [0.3, 0.4) is 0 Å². The minimum absolute atomic E-state index is 0.196. The molecule has 1 aromatic carbocycles. The van der Waals surface area contributed by atoms with Crippen LogP contribution in [0.4, 0.5) is 5.13 Å². The van der Waals surface area contributed by atoms with Gasteiger partial charge in [-0.05, 0) is 19.1 Å². The fourth-order valence-corrected chi connectivity index (χ4v) is 2.19. The van der Waals surface area contributed by atoms with Gasteiger partial charge in [-0.1, -0.05) is 29.0 Å². The van der Waals surface area contributed by atoms with Crippen LogP contribution in [0.25, 0.3) is 0 Å².